The Kier molecular flexibility index (Phi) is 5.74. The van der Waals surface area contributed by atoms with Crippen molar-refractivity contribution in [2.75, 3.05) is 0 Å². The molecule has 2 amide bonds. The molecule has 2 aromatic carbocycles. The highest BCUT2D eigenvalue weighted by atomic mass is 35.5. The lowest BCUT2D eigenvalue weighted by atomic mass is 10.1. The number of hydrogen-bond donors (Lipinski definition) is 2. The summed E-state index contributed by atoms with van der Waals surface area (Å²) in [5.41, 5.74) is 1.31. The molecule has 1 aliphatic rings. The zero-order valence-electron chi connectivity index (χ0n) is 18.8. The molecule has 0 radical (unpaired) electrons. The van der Waals surface area contributed by atoms with Gasteiger partial charge in [0.25, 0.3) is 5.89 Å². The van der Waals surface area contributed by atoms with Crippen LogP contribution in [0, 0.1) is 6.92 Å². The molecule has 1 saturated carbocycles. The lowest BCUT2D eigenvalue weighted by Gasteiger charge is -2.18. The number of aromatic nitrogens is 3. The van der Waals surface area contributed by atoms with Crippen molar-refractivity contribution in [2.24, 2.45) is 0 Å². The third-order valence-electron chi connectivity index (χ3n) is 5.99. The fourth-order valence-corrected chi connectivity index (χ4v) is 4.31. The van der Waals surface area contributed by atoms with Crippen LogP contribution in [-0.2, 0) is 16.1 Å². The highest BCUT2D eigenvalue weighted by Gasteiger charge is 2.54. The van der Waals surface area contributed by atoms with Gasteiger partial charge in [-0.2, -0.15) is 18.2 Å². The summed E-state index contributed by atoms with van der Waals surface area (Å²) in [5, 5.41) is 9.54. The molecular formula is C24H19ClF3N5O3. The number of rotatable bonds is 6. The van der Waals surface area contributed by atoms with Gasteiger partial charge >= 0.3 is 12.1 Å². The first-order valence-corrected chi connectivity index (χ1v) is 11.3. The standard InChI is InChI=1S/C24H19ClF3N5O3/c1-13-30-20(36-32-13)19-18(25)16-4-2-3-5-17(16)33(19)15-8-6-14(7-9-15)12-29-21(34)23(10-11-23)31-22(35)24(26,27)28/h2-9H,10-12H2,1H3,(H,29,34)(H,31,35). The number of nitrogens with zero attached hydrogens (tertiary/aromatic N) is 3. The molecule has 186 valence electrons. The second kappa shape index (κ2) is 8.66. The van der Waals surface area contributed by atoms with E-state index in [9.17, 15) is 22.8 Å². The Bertz CT molecular complexity index is 1470. The maximum Gasteiger partial charge on any atom is 0.471 e. The highest BCUT2D eigenvalue weighted by Crippen LogP contribution is 2.39. The van der Waals surface area contributed by atoms with Gasteiger partial charge in [-0.1, -0.05) is 47.1 Å². The summed E-state index contributed by atoms with van der Waals surface area (Å²) < 4.78 is 45.0. The number of benzene rings is 2. The minimum atomic E-state index is -5.05. The van der Waals surface area contributed by atoms with Crippen LogP contribution in [0.3, 0.4) is 0 Å². The number of carbonyl (C=O) groups excluding carboxylic acids is 2. The zero-order valence-corrected chi connectivity index (χ0v) is 19.6. The predicted octanol–water partition coefficient (Wildman–Crippen LogP) is 4.47. The zero-order chi connectivity index (χ0) is 25.7. The summed E-state index contributed by atoms with van der Waals surface area (Å²) in [7, 11) is 0. The van der Waals surface area contributed by atoms with Crippen molar-refractivity contribution in [1.82, 2.24) is 25.3 Å². The first kappa shape index (κ1) is 23.9. The normalized spacial score (nSPS) is 14.6. The Hall–Kier alpha value is -3.86. The molecule has 12 heteroatoms. The number of nitrogens with one attached hydrogen (secondary N) is 2. The number of fused-ring (bicyclic) bond motifs is 1. The van der Waals surface area contributed by atoms with Gasteiger partial charge in [0.1, 0.15) is 11.2 Å². The first-order chi connectivity index (χ1) is 17.1. The monoisotopic (exact) mass is 517 g/mol. The molecule has 1 aliphatic carbocycles. The van der Waals surface area contributed by atoms with E-state index in [0.29, 0.717) is 22.1 Å². The number of amides is 2. The second-order valence-electron chi connectivity index (χ2n) is 8.55. The lowest BCUT2D eigenvalue weighted by molar-refractivity contribution is -0.175. The molecular weight excluding hydrogens is 499 g/mol. The maximum absolute atomic E-state index is 12.6. The number of halogens is 4. The van der Waals surface area contributed by atoms with E-state index in [1.165, 1.54) is 0 Å². The van der Waals surface area contributed by atoms with Gasteiger partial charge in [0.2, 0.25) is 5.91 Å². The van der Waals surface area contributed by atoms with Gasteiger partial charge in [-0.05, 0) is 43.5 Å². The van der Waals surface area contributed by atoms with Crippen LogP contribution in [0.2, 0.25) is 5.02 Å². The molecule has 36 heavy (non-hydrogen) atoms. The highest BCUT2D eigenvalue weighted by molar-refractivity contribution is 6.38. The number of aryl methyl sites for hydroxylation is 1. The molecule has 0 saturated heterocycles. The van der Waals surface area contributed by atoms with Gasteiger partial charge < -0.3 is 19.7 Å². The largest absolute Gasteiger partial charge is 0.471 e. The van der Waals surface area contributed by atoms with Crippen molar-refractivity contribution >= 4 is 34.3 Å². The van der Waals surface area contributed by atoms with E-state index in [1.807, 2.05) is 41.0 Å². The Morgan fingerprint density at radius 3 is 2.44 bits per heavy atom. The van der Waals surface area contributed by atoms with Crippen LogP contribution in [0.15, 0.2) is 53.1 Å². The molecule has 4 aromatic rings. The quantitative estimate of drug-likeness (QED) is 0.393. The minimum absolute atomic E-state index is 0.0750. The molecule has 0 spiro atoms. The maximum atomic E-state index is 12.6. The third kappa shape index (κ3) is 4.30. The Labute approximate surface area is 207 Å². The molecule has 0 bridgehead atoms. The van der Waals surface area contributed by atoms with Gasteiger partial charge in [0, 0.05) is 17.6 Å². The van der Waals surface area contributed by atoms with Gasteiger partial charge in [-0.15, -0.1) is 0 Å². The van der Waals surface area contributed by atoms with E-state index in [-0.39, 0.29) is 25.3 Å². The van der Waals surface area contributed by atoms with Crippen LogP contribution in [0.1, 0.15) is 24.2 Å². The summed E-state index contributed by atoms with van der Waals surface area (Å²) >= 11 is 6.69. The number of carbonyl (C=O) groups is 2. The van der Waals surface area contributed by atoms with Gasteiger partial charge in [-0.25, -0.2) is 0 Å². The second-order valence-corrected chi connectivity index (χ2v) is 8.92. The Morgan fingerprint density at radius 2 is 1.83 bits per heavy atom. The fourth-order valence-electron chi connectivity index (χ4n) is 3.99. The summed E-state index contributed by atoms with van der Waals surface area (Å²) in [5.74, 6) is -2.05. The number of alkyl halides is 3. The molecule has 0 unspecified atom stereocenters. The van der Waals surface area contributed by atoms with Crippen LogP contribution >= 0.6 is 11.6 Å². The summed E-state index contributed by atoms with van der Waals surface area (Å²) in [6.07, 6.45) is -4.74. The average molecular weight is 518 g/mol. The van der Waals surface area contributed by atoms with E-state index in [4.69, 9.17) is 16.1 Å². The van der Waals surface area contributed by atoms with Crippen LogP contribution in [0.25, 0.3) is 28.2 Å². The lowest BCUT2D eigenvalue weighted by Crippen LogP contribution is -2.52. The van der Waals surface area contributed by atoms with E-state index in [1.54, 1.807) is 24.4 Å². The van der Waals surface area contributed by atoms with Crippen molar-refractivity contribution < 1.29 is 27.3 Å². The summed E-state index contributed by atoms with van der Waals surface area (Å²) in [4.78, 5) is 28.0. The van der Waals surface area contributed by atoms with E-state index in [0.717, 1.165) is 16.6 Å². The van der Waals surface area contributed by atoms with Gasteiger partial charge in [-0.3, -0.25) is 9.59 Å². The Balaban J connectivity index is 1.37. The third-order valence-corrected chi connectivity index (χ3v) is 6.37. The van der Waals surface area contributed by atoms with Crippen LogP contribution in [0.5, 0.6) is 0 Å². The smallest absolute Gasteiger partial charge is 0.350 e. The van der Waals surface area contributed by atoms with Crippen molar-refractivity contribution in [3.8, 4) is 17.3 Å². The number of hydrogen-bond acceptors (Lipinski definition) is 5. The van der Waals surface area contributed by atoms with Crippen LogP contribution in [-0.4, -0.2) is 38.2 Å². The average Bonchev–Trinajstić information content (AvgIpc) is 3.41. The first-order valence-electron chi connectivity index (χ1n) is 11.0. The fraction of sp³-hybridized carbons (Fsp3) is 0.250. The van der Waals surface area contributed by atoms with Crippen molar-refractivity contribution in [2.45, 2.75) is 38.0 Å². The molecule has 1 fully saturated rings. The van der Waals surface area contributed by atoms with Gasteiger partial charge in [0.05, 0.1) is 10.5 Å². The molecule has 5 rings (SSSR count). The van der Waals surface area contributed by atoms with Gasteiger partial charge in [0.15, 0.2) is 5.82 Å². The van der Waals surface area contributed by atoms with E-state index in [2.05, 4.69) is 15.5 Å². The molecule has 8 nitrogen and oxygen atoms in total. The van der Waals surface area contributed by atoms with E-state index >= 15 is 0 Å². The minimum Gasteiger partial charge on any atom is -0.350 e. The molecule has 2 N–H and O–H groups in total. The predicted molar refractivity (Wildman–Crippen MR) is 124 cm³/mol. The summed E-state index contributed by atoms with van der Waals surface area (Å²) in [6, 6.07) is 14.7. The SMILES string of the molecule is Cc1noc(-c2c(Cl)c3ccccc3n2-c2ccc(CNC(=O)C3(NC(=O)C(F)(F)F)CC3)cc2)n1. The van der Waals surface area contributed by atoms with Crippen molar-refractivity contribution in [1.29, 1.82) is 0 Å². The summed E-state index contributed by atoms with van der Waals surface area (Å²) in [6.45, 7) is 1.78. The molecule has 2 heterocycles. The molecule has 0 atom stereocenters. The van der Waals surface area contributed by atoms with E-state index < -0.39 is 23.5 Å². The Morgan fingerprint density at radius 1 is 1.14 bits per heavy atom. The molecule has 0 aliphatic heterocycles. The number of para-hydroxylation sites is 1. The molecule has 2 aromatic heterocycles. The topological polar surface area (TPSA) is 102 Å². The van der Waals surface area contributed by atoms with Crippen LogP contribution in [0.4, 0.5) is 13.2 Å². The van der Waals surface area contributed by atoms with Crippen LogP contribution < -0.4 is 10.6 Å². The van der Waals surface area contributed by atoms with Crippen molar-refractivity contribution in [3.05, 3.63) is 64.9 Å². The van der Waals surface area contributed by atoms with Crippen molar-refractivity contribution in [3.63, 3.8) is 0 Å².